The zero-order valence-electron chi connectivity index (χ0n) is 11.1. The average Bonchev–Trinajstić information content (AvgIpc) is 2.98. The number of hydrogen-bond donors (Lipinski definition) is 1. The summed E-state index contributed by atoms with van der Waals surface area (Å²) in [6.45, 7) is 1.57. The van der Waals surface area contributed by atoms with Crippen molar-refractivity contribution in [2.45, 2.75) is 6.92 Å². The van der Waals surface area contributed by atoms with Gasteiger partial charge in [-0.15, -0.1) is 0 Å². The van der Waals surface area contributed by atoms with E-state index in [0.29, 0.717) is 26.7 Å². The maximum absolute atomic E-state index is 11.7. The van der Waals surface area contributed by atoms with E-state index in [1.165, 1.54) is 6.26 Å². The predicted octanol–water partition coefficient (Wildman–Crippen LogP) is 3.61. The van der Waals surface area contributed by atoms with Gasteiger partial charge in [0.05, 0.1) is 10.7 Å². The number of carbonyl (C=O) groups is 1. The summed E-state index contributed by atoms with van der Waals surface area (Å²) in [5.41, 5.74) is 2.96. The molecule has 1 N–H and O–H groups in total. The van der Waals surface area contributed by atoms with Gasteiger partial charge in [-0.05, 0) is 53.2 Å². The first-order valence-corrected chi connectivity index (χ1v) is 7.18. The number of hydrazone groups is 1. The third kappa shape index (κ3) is 4.61. The molecule has 21 heavy (non-hydrogen) atoms. The number of rotatable bonds is 5. The first-order valence-electron chi connectivity index (χ1n) is 6.01. The maximum atomic E-state index is 11.7. The molecule has 0 spiro atoms. The van der Waals surface area contributed by atoms with Gasteiger partial charge in [0.2, 0.25) is 0 Å². The number of nitrogens with zero attached hydrogens (tertiary/aromatic N) is 1. The zero-order valence-corrected chi connectivity index (χ0v) is 13.4. The largest absolute Gasteiger partial charge is 0.483 e. The van der Waals surface area contributed by atoms with Gasteiger partial charge in [0.15, 0.2) is 6.61 Å². The predicted molar refractivity (Wildman–Crippen MR) is 83.7 cm³/mol. The second kappa shape index (κ2) is 7.28. The minimum absolute atomic E-state index is 0.158. The van der Waals surface area contributed by atoms with Crippen LogP contribution in [0.5, 0.6) is 5.75 Å². The normalized spacial score (nSPS) is 11.3. The third-order valence-electron chi connectivity index (χ3n) is 2.48. The quantitative estimate of drug-likeness (QED) is 0.645. The molecule has 1 aromatic carbocycles. The molecular weight excluding hydrogens is 360 g/mol. The average molecular weight is 372 g/mol. The van der Waals surface area contributed by atoms with Crippen LogP contribution in [0.3, 0.4) is 0 Å². The first-order chi connectivity index (χ1) is 10.1. The molecule has 0 bridgehead atoms. The monoisotopic (exact) mass is 370 g/mol. The second-order valence-electron chi connectivity index (χ2n) is 4.07. The van der Waals surface area contributed by atoms with Crippen LogP contribution < -0.4 is 10.2 Å². The number of hydrogen-bond acceptors (Lipinski definition) is 4. The van der Waals surface area contributed by atoms with Gasteiger partial charge in [0.1, 0.15) is 17.2 Å². The summed E-state index contributed by atoms with van der Waals surface area (Å²) in [7, 11) is 0. The molecule has 0 saturated heterocycles. The first kappa shape index (κ1) is 15.6. The molecule has 0 atom stereocenters. The van der Waals surface area contributed by atoms with E-state index in [4.69, 9.17) is 20.8 Å². The molecule has 0 aliphatic carbocycles. The Kier molecular flexibility index (Phi) is 5.41. The summed E-state index contributed by atoms with van der Waals surface area (Å²) in [6.07, 6.45) is 1.54. The number of halogens is 2. The van der Waals surface area contributed by atoms with Crippen LogP contribution in [0.2, 0.25) is 5.02 Å². The fraction of sp³-hybridized carbons (Fsp3) is 0.143. The molecule has 0 aliphatic heterocycles. The summed E-state index contributed by atoms with van der Waals surface area (Å²) in [5, 5.41) is 4.51. The molecule has 0 radical (unpaired) electrons. The van der Waals surface area contributed by atoms with Crippen molar-refractivity contribution in [1.29, 1.82) is 0 Å². The second-order valence-corrected chi connectivity index (χ2v) is 5.36. The Morgan fingerprint density at radius 1 is 1.48 bits per heavy atom. The van der Waals surface area contributed by atoms with Crippen molar-refractivity contribution < 1.29 is 13.9 Å². The van der Waals surface area contributed by atoms with Crippen LogP contribution in [0.1, 0.15) is 12.7 Å². The molecule has 5 nitrogen and oxygen atoms in total. The van der Waals surface area contributed by atoms with Crippen LogP contribution >= 0.6 is 27.5 Å². The number of furan rings is 1. The lowest BCUT2D eigenvalue weighted by molar-refractivity contribution is -0.123. The van der Waals surface area contributed by atoms with Crippen LogP contribution in [0.4, 0.5) is 0 Å². The van der Waals surface area contributed by atoms with Gasteiger partial charge >= 0.3 is 0 Å². The van der Waals surface area contributed by atoms with Crippen LogP contribution in [0, 0.1) is 0 Å². The van der Waals surface area contributed by atoms with E-state index >= 15 is 0 Å². The van der Waals surface area contributed by atoms with E-state index in [-0.39, 0.29) is 12.5 Å². The van der Waals surface area contributed by atoms with Gasteiger partial charge in [-0.1, -0.05) is 11.6 Å². The van der Waals surface area contributed by atoms with Crippen molar-refractivity contribution in [1.82, 2.24) is 5.43 Å². The fourth-order valence-corrected chi connectivity index (χ4v) is 2.25. The van der Waals surface area contributed by atoms with Crippen LogP contribution in [0.25, 0.3) is 0 Å². The minimum atomic E-state index is -0.372. The van der Waals surface area contributed by atoms with Crippen molar-refractivity contribution >= 4 is 39.1 Å². The Labute approximate surface area is 135 Å². The van der Waals surface area contributed by atoms with E-state index in [0.717, 1.165) is 0 Å². The molecule has 0 fully saturated rings. The smallest absolute Gasteiger partial charge is 0.277 e. The molecule has 0 saturated carbocycles. The summed E-state index contributed by atoms with van der Waals surface area (Å²) in [4.78, 5) is 11.7. The van der Waals surface area contributed by atoms with E-state index in [9.17, 15) is 4.79 Å². The molecule has 1 heterocycles. The van der Waals surface area contributed by atoms with Gasteiger partial charge < -0.3 is 9.15 Å². The maximum Gasteiger partial charge on any atom is 0.277 e. The number of amides is 1. The fourth-order valence-electron chi connectivity index (χ4n) is 1.45. The lowest BCUT2D eigenvalue weighted by atomic mass is 10.3. The zero-order chi connectivity index (χ0) is 15.2. The Morgan fingerprint density at radius 3 is 2.95 bits per heavy atom. The number of nitrogens with one attached hydrogen (secondary N) is 1. The number of ether oxygens (including phenoxy) is 1. The SMILES string of the molecule is CC(=NNC(=O)COc1ccc(Cl)cc1Br)c1ccco1. The number of carbonyl (C=O) groups excluding carboxylic acids is 1. The Hall–Kier alpha value is -1.79. The van der Waals surface area contributed by atoms with Crippen molar-refractivity contribution in [3.8, 4) is 5.75 Å². The highest BCUT2D eigenvalue weighted by molar-refractivity contribution is 9.10. The molecule has 2 aromatic rings. The van der Waals surface area contributed by atoms with E-state index in [1.807, 2.05) is 0 Å². The molecule has 110 valence electrons. The molecule has 0 unspecified atom stereocenters. The van der Waals surface area contributed by atoms with Gasteiger partial charge in [0.25, 0.3) is 5.91 Å². The Bertz CT molecular complexity index is 656. The molecular formula is C14H12BrClN2O3. The van der Waals surface area contributed by atoms with E-state index in [2.05, 4.69) is 26.5 Å². The van der Waals surface area contributed by atoms with Gasteiger partial charge in [-0.2, -0.15) is 5.10 Å². The van der Waals surface area contributed by atoms with E-state index in [1.54, 1.807) is 37.3 Å². The molecule has 2 rings (SSSR count). The van der Waals surface area contributed by atoms with E-state index < -0.39 is 0 Å². The number of benzene rings is 1. The molecule has 0 aliphatic rings. The minimum Gasteiger partial charge on any atom is -0.483 e. The topological polar surface area (TPSA) is 63.8 Å². The highest BCUT2D eigenvalue weighted by atomic mass is 79.9. The van der Waals surface area contributed by atoms with Crippen LogP contribution in [0.15, 0.2) is 50.6 Å². The Balaban J connectivity index is 1.86. The van der Waals surface area contributed by atoms with Crippen molar-refractivity contribution in [2.24, 2.45) is 5.10 Å². The Morgan fingerprint density at radius 2 is 2.29 bits per heavy atom. The molecule has 1 amide bonds. The van der Waals surface area contributed by atoms with Crippen LogP contribution in [-0.4, -0.2) is 18.2 Å². The molecule has 1 aromatic heterocycles. The highest BCUT2D eigenvalue weighted by Gasteiger charge is 2.06. The van der Waals surface area contributed by atoms with Gasteiger partial charge in [-0.25, -0.2) is 5.43 Å². The van der Waals surface area contributed by atoms with Gasteiger partial charge in [-0.3, -0.25) is 4.79 Å². The standard InChI is InChI=1S/C14H12BrClN2O3/c1-9(12-3-2-6-20-12)17-18-14(19)8-21-13-5-4-10(16)7-11(13)15/h2-7H,8H2,1H3,(H,18,19). The summed E-state index contributed by atoms with van der Waals surface area (Å²) < 4.78 is 11.2. The van der Waals surface area contributed by atoms with Crippen LogP contribution in [-0.2, 0) is 4.79 Å². The van der Waals surface area contributed by atoms with Crippen molar-refractivity contribution in [2.75, 3.05) is 6.61 Å². The summed E-state index contributed by atoms with van der Waals surface area (Å²) in [5.74, 6) is 0.751. The lowest BCUT2D eigenvalue weighted by Gasteiger charge is -2.07. The summed E-state index contributed by atoms with van der Waals surface area (Å²) >= 11 is 9.13. The summed E-state index contributed by atoms with van der Waals surface area (Å²) in [6, 6.07) is 8.55. The van der Waals surface area contributed by atoms with Crippen molar-refractivity contribution in [3.05, 3.63) is 51.9 Å². The molecule has 7 heteroatoms. The third-order valence-corrected chi connectivity index (χ3v) is 3.33. The van der Waals surface area contributed by atoms with Gasteiger partial charge in [0, 0.05) is 5.02 Å². The lowest BCUT2D eigenvalue weighted by Crippen LogP contribution is -2.25. The van der Waals surface area contributed by atoms with Crippen molar-refractivity contribution in [3.63, 3.8) is 0 Å². The highest BCUT2D eigenvalue weighted by Crippen LogP contribution is 2.27.